The lowest BCUT2D eigenvalue weighted by Gasteiger charge is -2.41. The van der Waals surface area contributed by atoms with Crippen LogP contribution in [0.3, 0.4) is 0 Å². The number of hydrogen-bond donors (Lipinski definition) is 0. The second-order valence-electron chi connectivity index (χ2n) is 12.4. The minimum absolute atomic E-state index is 0.115. The van der Waals surface area contributed by atoms with Gasteiger partial charge in [0, 0.05) is 0 Å². The Hall–Kier alpha value is -0.140. The van der Waals surface area contributed by atoms with Crippen molar-refractivity contribution >= 4 is 0 Å². The van der Waals surface area contributed by atoms with Crippen molar-refractivity contribution in [2.75, 3.05) is 13.3 Å². The standard InChI is InChI=1S/C31H56F2/c32-24-8-6-4-2-1-3-5-7-10-26-12-16-28(17-13-26)30-20-22-31(23-21-30)29-18-14-27(15-19-29)11-9-25-33/h26-31H,1-25H2. The summed E-state index contributed by atoms with van der Waals surface area (Å²) in [4.78, 5) is 0. The number of alkyl halides is 2. The maximum atomic E-state index is 12.5. The molecule has 3 fully saturated rings. The summed E-state index contributed by atoms with van der Waals surface area (Å²) in [6.45, 7) is -0.245. The Bertz CT molecular complexity index is 454. The van der Waals surface area contributed by atoms with Crippen LogP contribution in [0.2, 0.25) is 0 Å². The molecule has 0 aromatic rings. The highest BCUT2D eigenvalue weighted by molar-refractivity contribution is 4.86. The third-order valence-electron chi connectivity index (χ3n) is 10.2. The SMILES string of the molecule is FCCCCCCCCCCC1CCC(C2CCC(C3CCC(CCCF)CC3)CC2)CC1. The van der Waals surface area contributed by atoms with Crippen LogP contribution in [0.4, 0.5) is 8.78 Å². The van der Waals surface area contributed by atoms with E-state index in [2.05, 4.69) is 0 Å². The van der Waals surface area contributed by atoms with Crippen molar-refractivity contribution in [3.8, 4) is 0 Å². The molecule has 2 heteroatoms. The zero-order chi connectivity index (χ0) is 23.1. The van der Waals surface area contributed by atoms with E-state index < -0.39 is 0 Å². The largest absolute Gasteiger partial charge is 0.251 e. The quantitative estimate of drug-likeness (QED) is 0.210. The molecular weight excluding hydrogens is 410 g/mol. The molecule has 3 rings (SSSR count). The molecule has 194 valence electrons. The molecule has 3 aliphatic rings. The van der Waals surface area contributed by atoms with Gasteiger partial charge in [-0.3, -0.25) is 8.78 Å². The average molecular weight is 467 g/mol. The van der Waals surface area contributed by atoms with Crippen molar-refractivity contribution in [1.82, 2.24) is 0 Å². The van der Waals surface area contributed by atoms with Crippen LogP contribution in [0.5, 0.6) is 0 Å². The second-order valence-corrected chi connectivity index (χ2v) is 12.4. The van der Waals surface area contributed by atoms with E-state index in [9.17, 15) is 8.78 Å². The summed E-state index contributed by atoms with van der Waals surface area (Å²) in [5.41, 5.74) is 0. The maximum absolute atomic E-state index is 12.5. The molecule has 0 aromatic carbocycles. The van der Waals surface area contributed by atoms with Gasteiger partial charge in [0.2, 0.25) is 0 Å². The van der Waals surface area contributed by atoms with E-state index in [0.29, 0.717) is 0 Å². The van der Waals surface area contributed by atoms with Gasteiger partial charge in [0.05, 0.1) is 13.3 Å². The van der Waals surface area contributed by atoms with E-state index in [4.69, 9.17) is 0 Å². The smallest absolute Gasteiger partial charge is 0.0894 e. The summed E-state index contributed by atoms with van der Waals surface area (Å²) in [6, 6.07) is 0. The summed E-state index contributed by atoms with van der Waals surface area (Å²) in [5.74, 6) is 5.96. The Labute approximate surface area is 205 Å². The van der Waals surface area contributed by atoms with Crippen LogP contribution in [-0.4, -0.2) is 13.3 Å². The fourth-order valence-electron chi connectivity index (χ4n) is 7.94. The number of halogens is 2. The number of hydrogen-bond acceptors (Lipinski definition) is 0. The first-order chi connectivity index (χ1) is 16.3. The van der Waals surface area contributed by atoms with Gasteiger partial charge in [-0.15, -0.1) is 0 Å². The fraction of sp³-hybridized carbons (Fsp3) is 1.00. The Morgan fingerprint density at radius 1 is 0.333 bits per heavy atom. The first-order valence-corrected chi connectivity index (χ1v) is 15.4. The lowest BCUT2D eigenvalue weighted by atomic mass is 9.64. The predicted octanol–water partition coefficient (Wildman–Crippen LogP) is 10.6. The van der Waals surface area contributed by atoms with E-state index >= 15 is 0 Å². The second kappa shape index (κ2) is 16.5. The molecule has 0 unspecified atom stereocenters. The Morgan fingerprint density at radius 3 is 1.03 bits per heavy atom. The van der Waals surface area contributed by atoms with Crippen molar-refractivity contribution in [3.63, 3.8) is 0 Å². The monoisotopic (exact) mass is 466 g/mol. The van der Waals surface area contributed by atoms with Crippen LogP contribution in [-0.2, 0) is 0 Å². The van der Waals surface area contributed by atoms with Crippen molar-refractivity contribution in [2.45, 2.75) is 148 Å². The van der Waals surface area contributed by atoms with Gasteiger partial charge in [0.15, 0.2) is 0 Å². The predicted molar refractivity (Wildman–Crippen MR) is 139 cm³/mol. The van der Waals surface area contributed by atoms with Gasteiger partial charge in [-0.25, -0.2) is 0 Å². The molecule has 0 N–H and O–H groups in total. The molecule has 0 aromatic heterocycles. The van der Waals surface area contributed by atoms with Gasteiger partial charge < -0.3 is 0 Å². The van der Waals surface area contributed by atoms with Crippen LogP contribution >= 0.6 is 0 Å². The number of unbranched alkanes of at least 4 members (excludes halogenated alkanes) is 7. The minimum Gasteiger partial charge on any atom is -0.251 e. The van der Waals surface area contributed by atoms with Crippen molar-refractivity contribution in [1.29, 1.82) is 0 Å². The first-order valence-electron chi connectivity index (χ1n) is 15.4. The molecule has 3 aliphatic carbocycles. The molecule has 0 bridgehead atoms. The molecule has 0 heterocycles. The molecule has 3 saturated carbocycles. The van der Waals surface area contributed by atoms with Crippen molar-refractivity contribution in [3.05, 3.63) is 0 Å². The Kier molecular flexibility index (Phi) is 13.7. The minimum atomic E-state index is -0.130. The van der Waals surface area contributed by atoms with Gasteiger partial charge >= 0.3 is 0 Å². The summed E-state index contributed by atoms with van der Waals surface area (Å²) in [7, 11) is 0. The Morgan fingerprint density at radius 2 is 0.636 bits per heavy atom. The third-order valence-corrected chi connectivity index (χ3v) is 10.2. The molecular formula is C31H56F2. The maximum Gasteiger partial charge on any atom is 0.0894 e. The Balaban J connectivity index is 1.19. The zero-order valence-electron chi connectivity index (χ0n) is 21.9. The van der Waals surface area contributed by atoms with Crippen molar-refractivity contribution in [2.24, 2.45) is 35.5 Å². The van der Waals surface area contributed by atoms with E-state index in [-0.39, 0.29) is 13.3 Å². The van der Waals surface area contributed by atoms with Crippen molar-refractivity contribution < 1.29 is 8.78 Å². The zero-order valence-corrected chi connectivity index (χ0v) is 21.9. The normalized spacial score (nSPS) is 33.3. The van der Waals surface area contributed by atoms with Gasteiger partial charge in [-0.1, -0.05) is 77.0 Å². The van der Waals surface area contributed by atoms with E-state index in [0.717, 1.165) is 61.2 Å². The van der Waals surface area contributed by atoms with E-state index in [1.54, 1.807) is 0 Å². The highest BCUT2D eigenvalue weighted by Crippen LogP contribution is 2.46. The first kappa shape index (κ1) is 27.4. The molecule has 0 saturated heterocycles. The van der Waals surface area contributed by atoms with Crippen LogP contribution in [0.1, 0.15) is 148 Å². The molecule has 0 nitrogen and oxygen atoms in total. The summed E-state index contributed by atoms with van der Waals surface area (Å²) >= 11 is 0. The van der Waals surface area contributed by atoms with Gasteiger partial charge in [-0.05, 0) is 106 Å². The van der Waals surface area contributed by atoms with Crippen LogP contribution in [0, 0.1) is 35.5 Å². The fourth-order valence-corrected chi connectivity index (χ4v) is 7.94. The van der Waals surface area contributed by atoms with E-state index in [1.165, 1.54) is 122 Å². The van der Waals surface area contributed by atoms with Gasteiger partial charge in [0.1, 0.15) is 0 Å². The topological polar surface area (TPSA) is 0 Å². The summed E-state index contributed by atoms with van der Waals surface area (Å²) in [6.07, 6.45) is 31.2. The molecule has 33 heavy (non-hydrogen) atoms. The molecule has 0 spiro atoms. The highest BCUT2D eigenvalue weighted by atomic mass is 19.1. The summed E-state index contributed by atoms with van der Waals surface area (Å²) < 4.78 is 24.5. The molecule has 0 atom stereocenters. The van der Waals surface area contributed by atoms with Gasteiger partial charge in [0.25, 0.3) is 0 Å². The lowest BCUT2D eigenvalue weighted by molar-refractivity contribution is 0.102. The lowest BCUT2D eigenvalue weighted by Crippen LogP contribution is -2.29. The molecule has 0 amide bonds. The van der Waals surface area contributed by atoms with Crippen LogP contribution in [0.25, 0.3) is 0 Å². The van der Waals surface area contributed by atoms with Crippen LogP contribution in [0.15, 0.2) is 0 Å². The third kappa shape index (κ3) is 10.2. The molecule has 0 radical (unpaired) electrons. The number of rotatable bonds is 15. The summed E-state index contributed by atoms with van der Waals surface area (Å²) in [5, 5.41) is 0. The van der Waals surface area contributed by atoms with Crippen LogP contribution < -0.4 is 0 Å². The average Bonchev–Trinajstić information content (AvgIpc) is 2.87. The van der Waals surface area contributed by atoms with E-state index in [1.807, 2.05) is 0 Å². The highest BCUT2D eigenvalue weighted by Gasteiger charge is 2.34. The van der Waals surface area contributed by atoms with Gasteiger partial charge in [-0.2, -0.15) is 0 Å². The molecule has 0 aliphatic heterocycles.